The smallest absolute Gasteiger partial charge is 0.335 e. The summed E-state index contributed by atoms with van der Waals surface area (Å²) in [6.45, 7) is 4.01. The highest BCUT2D eigenvalue weighted by atomic mass is 16.4. The summed E-state index contributed by atoms with van der Waals surface area (Å²) in [6.07, 6.45) is 11.9. The van der Waals surface area contributed by atoms with Crippen LogP contribution < -0.4 is 0 Å². The summed E-state index contributed by atoms with van der Waals surface area (Å²) in [5.74, 6) is -0.0581. The minimum Gasteiger partial charge on any atom is -0.478 e. The van der Waals surface area contributed by atoms with Crippen LogP contribution in [0.25, 0.3) is 0 Å². The standard InChI is InChI=1S/C25H34O4/c1-3-4-11-25(2,29)12-7-10-21-22-15-17(14-19(22)16-23(21)26)13-18-8-5-6-9-20(18)24(27)28/h5-10,14,19,21-23,26,29H,3-4,11-13,15-16H2,1-2H3,(H,27,28)/t19-,21-,22-,23+,25-/m0/s1. The molecule has 2 aliphatic carbocycles. The SMILES string of the molecule is CCCC[C@](C)(O)CC=C[C@H]1[C@H]2CC(Cc3ccccc3C(=O)O)=C[C@H]2C[C@H]1O. The predicted molar refractivity (Wildman–Crippen MR) is 115 cm³/mol. The first-order valence-electron chi connectivity index (χ1n) is 10.9. The van der Waals surface area contributed by atoms with Gasteiger partial charge in [0.1, 0.15) is 0 Å². The first-order chi connectivity index (χ1) is 13.8. The molecule has 0 spiro atoms. The second-order valence-corrected chi connectivity index (χ2v) is 9.11. The molecule has 5 atom stereocenters. The Hall–Kier alpha value is -1.91. The van der Waals surface area contributed by atoms with Gasteiger partial charge in [-0.2, -0.15) is 0 Å². The second kappa shape index (κ2) is 9.27. The van der Waals surface area contributed by atoms with Gasteiger partial charge in [-0.05, 0) is 62.5 Å². The number of hydrogen-bond acceptors (Lipinski definition) is 3. The van der Waals surface area contributed by atoms with E-state index in [1.165, 1.54) is 5.57 Å². The molecule has 2 aliphatic rings. The van der Waals surface area contributed by atoms with Gasteiger partial charge in [-0.15, -0.1) is 0 Å². The molecular weight excluding hydrogens is 364 g/mol. The van der Waals surface area contributed by atoms with Gasteiger partial charge >= 0.3 is 5.97 Å². The molecule has 3 N–H and O–H groups in total. The monoisotopic (exact) mass is 398 g/mol. The topological polar surface area (TPSA) is 77.8 Å². The average Bonchev–Trinajstić information content (AvgIpc) is 3.17. The van der Waals surface area contributed by atoms with Crippen molar-refractivity contribution >= 4 is 5.97 Å². The Balaban J connectivity index is 1.62. The van der Waals surface area contributed by atoms with Crippen molar-refractivity contribution in [2.24, 2.45) is 17.8 Å². The van der Waals surface area contributed by atoms with E-state index in [0.717, 1.165) is 37.7 Å². The van der Waals surface area contributed by atoms with Gasteiger partial charge in [0.15, 0.2) is 0 Å². The lowest BCUT2D eigenvalue weighted by atomic mass is 9.87. The molecule has 0 aromatic heterocycles. The van der Waals surface area contributed by atoms with E-state index in [1.807, 2.05) is 25.1 Å². The molecule has 0 saturated heterocycles. The lowest BCUT2D eigenvalue weighted by molar-refractivity contribution is 0.0513. The fraction of sp³-hybridized carbons (Fsp3) is 0.560. The molecule has 1 aromatic carbocycles. The number of allylic oxidation sites excluding steroid dienone is 2. The minimum atomic E-state index is -0.884. The Morgan fingerprint density at radius 1 is 1.31 bits per heavy atom. The van der Waals surface area contributed by atoms with Crippen molar-refractivity contribution in [3.8, 4) is 0 Å². The number of benzene rings is 1. The molecule has 0 amide bonds. The summed E-state index contributed by atoms with van der Waals surface area (Å²) in [5, 5.41) is 30.4. The molecule has 4 nitrogen and oxygen atoms in total. The van der Waals surface area contributed by atoms with Gasteiger partial charge in [-0.25, -0.2) is 4.79 Å². The molecule has 0 unspecified atom stereocenters. The highest BCUT2D eigenvalue weighted by Gasteiger charge is 2.43. The van der Waals surface area contributed by atoms with Crippen molar-refractivity contribution in [3.05, 3.63) is 59.2 Å². The molecule has 0 heterocycles. The average molecular weight is 399 g/mol. The minimum absolute atomic E-state index is 0.102. The van der Waals surface area contributed by atoms with Gasteiger partial charge in [0, 0.05) is 5.92 Å². The number of aromatic carboxylic acids is 1. The highest BCUT2D eigenvalue weighted by Crippen LogP contribution is 2.48. The molecule has 3 rings (SSSR count). The summed E-state index contributed by atoms with van der Waals surface area (Å²) in [6, 6.07) is 7.20. The number of aliphatic hydroxyl groups excluding tert-OH is 1. The van der Waals surface area contributed by atoms with Crippen molar-refractivity contribution in [3.63, 3.8) is 0 Å². The number of aliphatic hydroxyl groups is 2. The number of hydrogen-bond donors (Lipinski definition) is 3. The maximum Gasteiger partial charge on any atom is 0.335 e. The molecule has 4 heteroatoms. The van der Waals surface area contributed by atoms with E-state index in [9.17, 15) is 20.1 Å². The Morgan fingerprint density at radius 3 is 2.79 bits per heavy atom. The Labute approximate surface area is 174 Å². The third-order valence-corrected chi connectivity index (χ3v) is 6.60. The summed E-state index contributed by atoms with van der Waals surface area (Å²) >= 11 is 0. The fourth-order valence-electron chi connectivity index (χ4n) is 5.00. The van der Waals surface area contributed by atoms with Crippen molar-refractivity contribution in [2.75, 3.05) is 0 Å². The lowest BCUT2D eigenvalue weighted by Crippen LogP contribution is -2.23. The van der Waals surface area contributed by atoms with Crippen LogP contribution in [0.1, 0.15) is 68.3 Å². The maximum absolute atomic E-state index is 11.5. The number of unbranched alkanes of at least 4 members (excludes halogenated alkanes) is 1. The molecule has 0 bridgehead atoms. The number of carbonyl (C=O) groups is 1. The summed E-state index contributed by atoms with van der Waals surface area (Å²) in [5.41, 5.74) is 1.81. The molecule has 1 fully saturated rings. The van der Waals surface area contributed by atoms with E-state index in [1.54, 1.807) is 12.1 Å². The van der Waals surface area contributed by atoms with Crippen molar-refractivity contribution in [1.29, 1.82) is 0 Å². The Bertz CT molecular complexity index is 777. The van der Waals surface area contributed by atoms with Gasteiger partial charge < -0.3 is 15.3 Å². The van der Waals surface area contributed by atoms with E-state index in [0.29, 0.717) is 30.2 Å². The van der Waals surface area contributed by atoms with Crippen LogP contribution in [0.15, 0.2) is 48.1 Å². The van der Waals surface area contributed by atoms with Crippen LogP contribution in [0.5, 0.6) is 0 Å². The molecule has 158 valence electrons. The van der Waals surface area contributed by atoms with Crippen molar-refractivity contribution in [1.82, 2.24) is 0 Å². The normalized spacial score (nSPS) is 28.3. The Morgan fingerprint density at radius 2 is 2.07 bits per heavy atom. The Kier molecular flexibility index (Phi) is 6.97. The van der Waals surface area contributed by atoms with Crippen LogP contribution in [0.3, 0.4) is 0 Å². The lowest BCUT2D eigenvalue weighted by Gasteiger charge is -2.22. The molecular formula is C25H34O4. The molecule has 1 aromatic rings. The third-order valence-electron chi connectivity index (χ3n) is 6.60. The zero-order valence-electron chi connectivity index (χ0n) is 17.6. The van der Waals surface area contributed by atoms with Crippen LogP contribution in [0.4, 0.5) is 0 Å². The summed E-state index contributed by atoms with van der Waals surface area (Å²) in [7, 11) is 0. The van der Waals surface area contributed by atoms with Crippen LogP contribution in [0, 0.1) is 17.8 Å². The number of fused-ring (bicyclic) bond motifs is 1. The zero-order chi connectivity index (χ0) is 21.0. The van der Waals surface area contributed by atoms with E-state index in [4.69, 9.17) is 0 Å². The van der Waals surface area contributed by atoms with E-state index >= 15 is 0 Å². The van der Waals surface area contributed by atoms with E-state index in [2.05, 4.69) is 19.1 Å². The predicted octanol–water partition coefficient (Wildman–Crippen LogP) is 4.76. The zero-order valence-corrected chi connectivity index (χ0v) is 17.6. The summed E-state index contributed by atoms with van der Waals surface area (Å²) in [4.78, 5) is 11.5. The largest absolute Gasteiger partial charge is 0.478 e. The quantitative estimate of drug-likeness (QED) is 0.524. The van der Waals surface area contributed by atoms with Crippen molar-refractivity contribution < 1.29 is 20.1 Å². The highest BCUT2D eigenvalue weighted by molar-refractivity contribution is 5.89. The summed E-state index contributed by atoms with van der Waals surface area (Å²) < 4.78 is 0. The van der Waals surface area contributed by atoms with Crippen LogP contribution in [0.2, 0.25) is 0 Å². The van der Waals surface area contributed by atoms with Gasteiger partial charge in [-0.1, -0.05) is 61.8 Å². The van der Waals surface area contributed by atoms with Crippen LogP contribution in [-0.4, -0.2) is 33.0 Å². The number of rotatable bonds is 9. The van der Waals surface area contributed by atoms with E-state index in [-0.39, 0.29) is 12.0 Å². The molecule has 1 saturated carbocycles. The van der Waals surface area contributed by atoms with Crippen LogP contribution in [-0.2, 0) is 6.42 Å². The fourth-order valence-corrected chi connectivity index (χ4v) is 5.00. The first-order valence-corrected chi connectivity index (χ1v) is 10.9. The maximum atomic E-state index is 11.5. The third kappa shape index (κ3) is 5.37. The second-order valence-electron chi connectivity index (χ2n) is 9.11. The van der Waals surface area contributed by atoms with Gasteiger partial charge in [0.25, 0.3) is 0 Å². The first kappa shape index (κ1) is 21.8. The van der Waals surface area contributed by atoms with Gasteiger partial charge in [-0.3, -0.25) is 0 Å². The molecule has 0 radical (unpaired) electrons. The van der Waals surface area contributed by atoms with E-state index < -0.39 is 11.6 Å². The molecule has 0 aliphatic heterocycles. The van der Waals surface area contributed by atoms with Gasteiger partial charge in [0.2, 0.25) is 0 Å². The van der Waals surface area contributed by atoms with Gasteiger partial charge in [0.05, 0.1) is 17.3 Å². The van der Waals surface area contributed by atoms with Crippen molar-refractivity contribution in [2.45, 2.75) is 70.5 Å². The number of carboxylic acids is 1. The molecule has 29 heavy (non-hydrogen) atoms. The van der Waals surface area contributed by atoms with Crippen LogP contribution >= 0.6 is 0 Å². The number of carboxylic acid groups (broad SMARTS) is 1.